The van der Waals surface area contributed by atoms with Gasteiger partial charge in [-0.05, 0) is 54.6 Å². The Hall–Kier alpha value is -4.17. The fourth-order valence-corrected chi connectivity index (χ4v) is 4.48. The Balaban J connectivity index is 1.68. The van der Waals surface area contributed by atoms with E-state index in [1.165, 1.54) is 16.2 Å². The first-order valence-corrected chi connectivity index (χ1v) is 12.4. The molecule has 1 atom stereocenters. The van der Waals surface area contributed by atoms with E-state index in [0.29, 0.717) is 21.9 Å². The van der Waals surface area contributed by atoms with E-state index in [2.05, 4.69) is 10.6 Å². The monoisotopic (exact) mass is 501 g/mol. The highest BCUT2D eigenvalue weighted by Crippen LogP contribution is 2.31. The number of nitrogens with zero attached hydrogens (tertiary/aromatic N) is 1. The van der Waals surface area contributed by atoms with Gasteiger partial charge in [0, 0.05) is 5.69 Å². The maximum Gasteiger partial charge on any atom is 0.261 e. The smallest absolute Gasteiger partial charge is 0.261 e. The van der Waals surface area contributed by atoms with Crippen LogP contribution in [0.2, 0.25) is 0 Å². The summed E-state index contributed by atoms with van der Waals surface area (Å²) >= 11 is 1.29. The third-order valence-corrected chi connectivity index (χ3v) is 6.57. The molecule has 3 amide bonds. The number of para-hydroxylation sites is 1. The number of benzene rings is 2. The Labute approximate surface area is 213 Å². The molecular formula is C28H27N3O4S. The normalized spacial score (nSPS) is 11.5. The zero-order valence-corrected chi connectivity index (χ0v) is 20.9. The lowest BCUT2D eigenvalue weighted by atomic mass is 10.0. The van der Waals surface area contributed by atoms with Crippen LogP contribution in [-0.4, -0.2) is 24.3 Å². The molecule has 2 aromatic heterocycles. The molecule has 0 radical (unpaired) electrons. The predicted octanol–water partition coefficient (Wildman–Crippen LogP) is 4.78. The number of amides is 3. The van der Waals surface area contributed by atoms with Gasteiger partial charge in [-0.2, -0.15) is 0 Å². The van der Waals surface area contributed by atoms with Crippen molar-refractivity contribution in [3.8, 4) is 0 Å². The number of anilines is 1. The van der Waals surface area contributed by atoms with Gasteiger partial charge < -0.3 is 15.1 Å². The minimum absolute atomic E-state index is 0.180. The van der Waals surface area contributed by atoms with E-state index >= 15 is 0 Å². The molecule has 7 nitrogen and oxygen atoms in total. The first-order chi connectivity index (χ1) is 17.4. The van der Waals surface area contributed by atoms with Crippen molar-refractivity contribution in [2.45, 2.75) is 26.4 Å². The Morgan fingerprint density at radius 3 is 2.36 bits per heavy atom. The number of thiophene rings is 1. The lowest BCUT2D eigenvalue weighted by Crippen LogP contribution is -2.47. The first-order valence-electron chi connectivity index (χ1n) is 11.5. The molecule has 0 saturated carbocycles. The van der Waals surface area contributed by atoms with Crippen LogP contribution in [0.4, 0.5) is 5.69 Å². The Morgan fingerprint density at radius 1 is 0.917 bits per heavy atom. The molecule has 0 aliphatic heterocycles. The average Bonchev–Trinajstić information content (AvgIpc) is 3.60. The van der Waals surface area contributed by atoms with Crippen LogP contribution in [0.5, 0.6) is 0 Å². The molecule has 4 rings (SSSR count). The second-order valence-electron chi connectivity index (χ2n) is 8.32. The van der Waals surface area contributed by atoms with Crippen molar-refractivity contribution in [1.29, 1.82) is 0 Å². The fraction of sp³-hybridized carbons (Fsp3) is 0.179. The molecule has 0 bridgehead atoms. The minimum atomic E-state index is -0.965. The zero-order chi connectivity index (χ0) is 25.5. The van der Waals surface area contributed by atoms with Crippen LogP contribution in [0, 0.1) is 13.8 Å². The molecule has 36 heavy (non-hydrogen) atoms. The second-order valence-corrected chi connectivity index (χ2v) is 9.27. The molecule has 2 N–H and O–H groups in total. The molecule has 2 heterocycles. The van der Waals surface area contributed by atoms with Gasteiger partial charge in [-0.25, -0.2) is 0 Å². The van der Waals surface area contributed by atoms with E-state index in [1.807, 2.05) is 56.3 Å². The molecule has 184 valence electrons. The third kappa shape index (κ3) is 5.90. The SMILES string of the molecule is Cc1ccc([C@@H](C(=O)NCc2ccco2)N(C(=O)CNC(=O)c2cccs2)c2ccccc2C)cc1. The zero-order valence-electron chi connectivity index (χ0n) is 20.1. The Kier molecular flexibility index (Phi) is 7.97. The van der Waals surface area contributed by atoms with Crippen molar-refractivity contribution >= 4 is 34.7 Å². The molecule has 0 unspecified atom stereocenters. The lowest BCUT2D eigenvalue weighted by Gasteiger charge is -2.32. The Morgan fingerprint density at radius 2 is 1.69 bits per heavy atom. The fourth-order valence-electron chi connectivity index (χ4n) is 3.84. The van der Waals surface area contributed by atoms with Crippen LogP contribution < -0.4 is 15.5 Å². The first kappa shape index (κ1) is 24.9. The predicted molar refractivity (Wildman–Crippen MR) is 140 cm³/mol. The number of carbonyl (C=O) groups excluding carboxylic acids is 3. The summed E-state index contributed by atoms with van der Waals surface area (Å²) in [6, 6.07) is 20.9. The summed E-state index contributed by atoms with van der Waals surface area (Å²) in [5.74, 6) is -0.510. The van der Waals surface area contributed by atoms with Crippen LogP contribution in [-0.2, 0) is 16.1 Å². The van der Waals surface area contributed by atoms with Crippen molar-refractivity contribution < 1.29 is 18.8 Å². The van der Waals surface area contributed by atoms with Crippen LogP contribution in [0.3, 0.4) is 0 Å². The van der Waals surface area contributed by atoms with E-state index in [1.54, 1.807) is 42.0 Å². The van der Waals surface area contributed by atoms with E-state index in [0.717, 1.165) is 11.1 Å². The number of carbonyl (C=O) groups is 3. The van der Waals surface area contributed by atoms with E-state index < -0.39 is 11.9 Å². The van der Waals surface area contributed by atoms with E-state index in [9.17, 15) is 14.4 Å². The molecule has 0 fully saturated rings. The summed E-state index contributed by atoms with van der Waals surface area (Å²) in [4.78, 5) is 41.8. The van der Waals surface area contributed by atoms with Crippen molar-refractivity contribution in [2.75, 3.05) is 11.4 Å². The van der Waals surface area contributed by atoms with Gasteiger partial charge in [0.15, 0.2) is 0 Å². The van der Waals surface area contributed by atoms with Gasteiger partial charge >= 0.3 is 0 Å². The Bertz CT molecular complexity index is 1320. The molecule has 0 aliphatic rings. The lowest BCUT2D eigenvalue weighted by molar-refractivity contribution is -0.126. The standard InChI is InChI=1S/C28H27N3O4S/c1-19-11-13-21(14-12-19)26(28(34)29-17-22-8-5-15-35-22)31(23-9-4-3-7-20(23)2)25(32)18-30-27(33)24-10-6-16-36-24/h3-16,26H,17-18H2,1-2H3,(H,29,34)(H,30,33)/t26-/m0/s1. The molecule has 8 heteroatoms. The molecule has 0 saturated heterocycles. The summed E-state index contributed by atoms with van der Waals surface area (Å²) in [6.07, 6.45) is 1.54. The van der Waals surface area contributed by atoms with Crippen molar-refractivity contribution in [2.24, 2.45) is 0 Å². The molecule has 0 spiro atoms. The number of aryl methyl sites for hydroxylation is 2. The summed E-state index contributed by atoms with van der Waals surface area (Å²) in [5.41, 5.74) is 3.10. The number of hydrogen-bond donors (Lipinski definition) is 2. The minimum Gasteiger partial charge on any atom is -0.467 e. The molecule has 4 aromatic rings. The van der Waals surface area contributed by atoms with E-state index in [-0.39, 0.29) is 24.9 Å². The van der Waals surface area contributed by atoms with Gasteiger partial charge in [0.2, 0.25) is 11.8 Å². The highest BCUT2D eigenvalue weighted by molar-refractivity contribution is 7.12. The van der Waals surface area contributed by atoms with Crippen LogP contribution >= 0.6 is 11.3 Å². The van der Waals surface area contributed by atoms with Gasteiger partial charge in [-0.1, -0.05) is 54.1 Å². The van der Waals surface area contributed by atoms with Gasteiger partial charge in [0.05, 0.1) is 24.2 Å². The van der Waals surface area contributed by atoms with Gasteiger partial charge in [-0.3, -0.25) is 19.3 Å². The molecule has 0 aliphatic carbocycles. The molecular weight excluding hydrogens is 474 g/mol. The third-order valence-electron chi connectivity index (χ3n) is 5.71. The summed E-state index contributed by atoms with van der Waals surface area (Å²) in [6.45, 7) is 3.75. The van der Waals surface area contributed by atoms with Crippen molar-refractivity contribution in [1.82, 2.24) is 10.6 Å². The topological polar surface area (TPSA) is 91.7 Å². The van der Waals surface area contributed by atoms with Crippen molar-refractivity contribution in [3.63, 3.8) is 0 Å². The van der Waals surface area contributed by atoms with Crippen LogP contribution in [0.15, 0.2) is 88.9 Å². The highest BCUT2D eigenvalue weighted by Gasteiger charge is 2.33. The van der Waals surface area contributed by atoms with Crippen LogP contribution in [0.25, 0.3) is 0 Å². The maximum absolute atomic E-state index is 13.7. The maximum atomic E-state index is 13.7. The van der Waals surface area contributed by atoms with E-state index in [4.69, 9.17) is 4.42 Å². The van der Waals surface area contributed by atoms with Gasteiger partial charge in [0.25, 0.3) is 5.91 Å². The van der Waals surface area contributed by atoms with Crippen LogP contribution in [0.1, 0.15) is 38.2 Å². The summed E-state index contributed by atoms with van der Waals surface area (Å²) in [5, 5.41) is 7.39. The largest absolute Gasteiger partial charge is 0.467 e. The highest BCUT2D eigenvalue weighted by atomic mass is 32.1. The molecule has 2 aromatic carbocycles. The number of rotatable bonds is 9. The number of hydrogen-bond acceptors (Lipinski definition) is 5. The summed E-state index contributed by atoms with van der Waals surface area (Å²) < 4.78 is 5.36. The average molecular weight is 502 g/mol. The number of furan rings is 1. The quantitative estimate of drug-likeness (QED) is 0.345. The van der Waals surface area contributed by atoms with Crippen molar-refractivity contribution in [3.05, 3.63) is 112 Å². The van der Waals surface area contributed by atoms with Gasteiger partial charge in [0.1, 0.15) is 11.8 Å². The number of nitrogens with one attached hydrogen (secondary N) is 2. The second kappa shape index (κ2) is 11.5. The van der Waals surface area contributed by atoms with Gasteiger partial charge in [-0.15, -0.1) is 11.3 Å². The summed E-state index contributed by atoms with van der Waals surface area (Å²) in [7, 11) is 0.